The lowest BCUT2D eigenvalue weighted by atomic mass is 10.1. The Balaban J connectivity index is 1.54. The molecule has 0 fully saturated rings. The van der Waals surface area contributed by atoms with Gasteiger partial charge in [-0.1, -0.05) is 18.2 Å². The summed E-state index contributed by atoms with van der Waals surface area (Å²) in [6.45, 7) is 3.18. The van der Waals surface area contributed by atoms with Gasteiger partial charge in [0.25, 0.3) is 11.8 Å². The number of nitrogens with zero attached hydrogens (tertiary/aromatic N) is 1. The number of fused-ring (bicyclic) bond motifs is 1. The van der Waals surface area contributed by atoms with E-state index in [2.05, 4.69) is 15.8 Å². The molecule has 4 aromatic rings. The molecule has 0 bridgehead atoms. The first-order valence-corrected chi connectivity index (χ1v) is 11.7. The van der Waals surface area contributed by atoms with Crippen molar-refractivity contribution in [3.8, 4) is 11.5 Å². The Morgan fingerprint density at radius 2 is 1.61 bits per heavy atom. The van der Waals surface area contributed by atoms with E-state index in [-0.39, 0.29) is 10.5 Å². The van der Waals surface area contributed by atoms with Gasteiger partial charge in [-0.05, 0) is 62.4 Å². The molecule has 0 aliphatic rings. The topological polar surface area (TPSA) is 118 Å². The van der Waals surface area contributed by atoms with E-state index in [1.54, 1.807) is 50.2 Å². The first-order valence-electron chi connectivity index (χ1n) is 10.2. The summed E-state index contributed by atoms with van der Waals surface area (Å²) >= 11 is 0. The van der Waals surface area contributed by atoms with Crippen LogP contribution in [0.2, 0.25) is 0 Å². The minimum Gasteiger partial charge on any atom is -0.463 e. The highest BCUT2D eigenvalue weighted by atomic mass is 32.2. The number of carbonyl (C=O) groups is 2. The molecule has 2 heterocycles. The van der Waals surface area contributed by atoms with Crippen molar-refractivity contribution in [2.75, 3.05) is 0 Å². The van der Waals surface area contributed by atoms with E-state index in [1.807, 2.05) is 6.07 Å². The van der Waals surface area contributed by atoms with Crippen LogP contribution in [0.1, 0.15) is 34.6 Å². The quantitative estimate of drug-likeness (QED) is 0.435. The van der Waals surface area contributed by atoms with Gasteiger partial charge in [-0.25, -0.2) is 13.4 Å². The van der Waals surface area contributed by atoms with E-state index < -0.39 is 26.9 Å². The highest BCUT2D eigenvalue weighted by molar-refractivity contribution is 7.92. The summed E-state index contributed by atoms with van der Waals surface area (Å²) in [6, 6.07) is 17.7. The maximum absolute atomic E-state index is 12.9. The van der Waals surface area contributed by atoms with Crippen molar-refractivity contribution in [2.45, 2.75) is 24.0 Å². The molecule has 168 valence electrons. The van der Waals surface area contributed by atoms with E-state index in [1.165, 1.54) is 30.5 Å². The second kappa shape index (κ2) is 8.87. The summed E-state index contributed by atoms with van der Waals surface area (Å²) in [4.78, 5) is 30.1. The number of benzene rings is 2. The maximum Gasteiger partial charge on any atom is 0.270 e. The largest absolute Gasteiger partial charge is 0.463 e. The van der Waals surface area contributed by atoms with Crippen LogP contribution >= 0.6 is 0 Å². The first kappa shape index (κ1) is 22.2. The van der Waals surface area contributed by atoms with Crippen molar-refractivity contribution in [1.82, 2.24) is 15.8 Å². The number of pyridine rings is 1. The van der Waals surface area contributed by atoms with Crippen LogP contribution in [0.15, 0.2) is 82.3 Å². The molecule has 0 aliphatic heterocycles. The molecule has 0 spiro atoms. The number of carbonyl (C=O) groups excluding carboxylic acids is 2. The Bertz CT molecular complexity index is 1430. The second-order valence-electron chi connectivity index (χ2n) is 7.58. The van der Waals surface area contributed by atoms with Crippen molar-refractivity contribution in [3.05, 3.63) is 84.1 Å². The zero-order valence-electron chi connectivity index (χ0n) is 17.9. The van der Waals surface area contributed by atoms with Crippen LogP contribution in [0.5, 0.6) is 0 Å². The van der Waals surface area contributed by atoms with E-state index in [0.29, 0.717) is 27.9 Å². The highest BCUT2D eigenvalue weighted by Gasteiger charge is 2.20. The van der Waals surface area contributed by atoms with Crippen molar-refractivity contribution >= 4 is 32.6 Å². The Morgan fingerprint density at radius 3 is 2.27 bits per heavy atom. The van der Waals surface area contributed by atoms with Crippen LogP contribution in [0, 0.1) is 0 Å². The van der Waals surface area contributed by atoms with Crippen LogP contribution in [0.25, 0.3) is 22.4 Å². The standard InChI is InChI=1S/C24H21N3O5S/c1-15(2)33(30,31)17-11-9-16(10-12-17)23(28)26-27-24(29)19-14-21(22-8-5-13-32-22)25-20-7-4-3-6-18(19)20/h3-15H,1-2H3,(H,26,28)(H,27,29). The predicted octanol–water partition coefficient (Wildman–Crippen LogP) is 3.75. The van der Waals surface area contributed by atoms with Gasteiger partial charge < -0.3 is 4.42 Å². The number of nitrogens with one attached hydrogen (secondary N) is 2. The van der Waals surface area contributed by atoms with Crippen LogP contribution < -0.4 is 10.9 Å². The molecule has 2 N–H and O–H groups in total. The van der Waals surface area contributed by atoms with E-state index in [4.69, 9.17) is 4.42 Å². The van der Waals surface area contributed by atoms with Gasteiger partial charge in [-0.3, -0.25) is 20.4 Å². The molecule has 0 unspecified atom stereocenters. The predicted molar refractivity (Wildman–Crippen MR) is 123 cm³/mol. The molecule has 9 heteroatoms. The lowest BCUT2D eigenvalue weighted by Crippen LogP contribution is -2.41. The molecule has 4 rings (SSSR count). The lowest BCUT2D eigenvalue weighted by molar-refractivity contribution is 0.0847. The van der Waals surface area contributed by atoms with Crippen LogP contribution in [-0.4, -0.2) is 30.5 Å². The molecule has 8 nitrogen and oxygen atoms in total. The molecule has 0 radical (unpaired) electrons. The highest BCUT2D eigenvalue weighted by Crippen LogP contribution is 2.25. The second-order valence-corrected chi connectivity index (χ2v) is 10.1. The summed E-state index contributed by atoms with van der Waals surface area (Å²) in [5, 5.41) is 0.0421. The van der Waals surface area contributed by atoms with Gasteiger partial charge in [0.15, 0.2) is 15.6 Å². The fourth-order valence-electron chi connectivity index (χ4n) is 3.23. The Kier molecular flexibility index (Phi) is 5.97. The molecule has 2 aromatic heterocycles. The van der Waals surface area contributed by atoms with Gasteiger partial charge in [0.05, 0.1) is 27.5 Å². The number of furan rings is 1. The number of hydrogen-bond donors (Lipinski definition) is 2. The fraction of sp³-hybridized carbons (Fsp3) is 0.125. The minimum absolute atomic E-state index is 0.131. The van der Waals surface area contributed by atoms with Gasteiger partial charge in [-0.15, -0.1) is 0 Å². The fourth-order valence-corrected chi connectivity index (χ4v) is 4.29. The van der Waals surface area contributed by atoms with Gasteiger partial charge >= 0.3 is 0 Å². The summed E-state index contributed by atoms with van der Waals surface area (Å²) < 4.78 is 29.9. The number of amides is 2. The summed E-state index contributed by atoms with van der Waals surface area (Å²) in [5.74, 6) is -0.606. The van der Waals surface area contributed by atoms with Gasteiger partial charge in [0.2, 0.25) is 0 Å². The molecule has 2 amide bonds. The van der Waals surface area contributed by atoms with Crippen LogP contribution in [-0.2, 0) is 9.84 Å². The Labute approximate surface area is 190 Å². The van der Waals surface area contributed by atoms with Crippen molar-refractivity contribution < 1.29 is 22.4 Å². The van der Waals surface area contributed by atoms with Crippen molar-refractivity contribution in [1.29, 1.82) is 0 Å². The van der Waals surface area contributed by atoms with Crippen molar-refractivity contribution in [2.24, 2.45) is 0 Å². The molecule has 0 saturated heterocycles. The minimum atomic E-state index is -3.44. The molecule has 0 atom stereocenters. The molecule has 0 saturated carbocycles. The van der Waals surface area contributed by atoms with E-state index >= 15 is 0 Å². The number of hydrogen-bond acceptors (Lipinski definition) is 6. The van der Waals surface area contributed by atoms with E-state index in [9.17, 15) is 18.0 Å². The summed E-state index contributed by atoms with van der Waals surface area (Å²) in [7, 11) is -3.44. The number of rotatable bonds is 5. The summed E-state index contributed by atoms with van der Waals surface area (Å²) in [5.41, 5.74) is 6.37. The SMILES string of the molecule is CC(C)S(=O)(=O)c1ccc(C(=O)NNC(=O)c2cc(-c3ccco3)nc3ccccc23)cc1. The van der Waals surface area contributed by atoms with E-state index in [0.717, 1.165) is 0 Å². The van der Waals surface area contributed by atoms with Crippen LogP contribution in [0.3, 0.4) is 0 Å². The molecule has 0 aliphatic carbocycles. The molecular formula is C24H21N3O5S. The first-order chi connectivity index (χ1) is 15.8. The normalized spacial score (nSPS) is 11.5. The lowest BCUT2D eigenvalue weighted by Gasteiger charge is -2.11. The number of sulfone groups is 1. The monoisotopic (exact) mass is 463 g/mol. The number of hydrazine groups is 1. The average molecular weight is 464 g/mol. The average Bonchev–Trinajstić information content (AvgIpc) is 3.36. The number of aromatic nitrogens is 1. The van der Waals surface area contributed by atoms with Gasteiger partial charge in [0.1, 0.15) is 5.69 Å². The third-order valence-electron chi connectivity index (χ3n) is 5.09. The smallest absolute Gasteiger partial charge is 0.270 e. The zero-order valence-corrected chi connectivity index (χ0v) is 18.7. The Morgan fingerprint density at radius 1 is 0.909 bits per heavy atom. The maximum atomic E-state index is 12.9. The van der Waals surface area contributed by atoms with Crippen LogP contribution in [0.4, 0.5) is 0 Å². The Hall–Kier alpha value is -3.98. The van der Waals surface area contributed by atoms with Crippen molar-refractivity contribution in [3.63, 3.8) is 0 Å². The third kappa shape index (κ3) is 4.49. The number of para-hydroxylation sites is 1. The zero-order chi connectivity index (χ0) is 23.6. The van der Waals surface area contributed by atoms with Gasteiger partial charge in [0, 0.05) is 10.9 Å². The molecular weight excluding hydrogens is 442 g/mol. The molecule has 2 aromatic carbocycles. The van der Waals surface area contributed by atoms with Gasteiger partial charge in [-0.2, -0.15) is 0 Å². The third-order valence-corrected chi connectivity index (χ3v) is 7.26. The summed E-state index contributed by atoms with van der Waals surface area (Å²) in [6.07, 6.45) is 1.52. The molecule has 33 heavy (non-hydrogen) atoms.